The van der Waals surface area contributed by atoms with Gasteiger partial charge < -0.3 is 5.73 Å². The molecule has 100 valence electrons. The van der Waals surface area contributed by atoms with Crippen molar-refractivity contribution < 1.29 is 0 Å². The fourth-order valence-corrected chi connectivity index (χ4v) is 2.76. The minimum atomic E-state index is -0.234. The third kappa shape index (κ3) is 2.30. The largest absolute Gasteiger partial charge is 0.385 e. The Bertz CT molecular complexity index is 708. The number of nitrogens with two attached hydrogens (primary N) is 1. The maximum Gasteiger partial charge on any atom is 0.136 e. The summed E-state index contributed by atoms with van der Waals surface area (Å²) in [7, 11) is 0. The van der Waals surface area contributed by atoms with E-state index in [1.165, 1.54) is 0 Å². The fourth-order valence-electron chi connectivity index (χ4n) is 2.24. The lowest BCUT2D eigenvalue weighted by Crippen LogP contribution is -2.25. The highest BCUT2D eigenvalue weighted by atomic mass is 35.5. The molecule has 1 atom stereocenters. The van der Waals surface area contributed by atoms with E-state index in [0.29, 0.717) is 15.9 Å². The zero-order valence-electron chi connectivity index (χ0n) is 10.4. The molecule has 0 aromatic heterocycles. The Kier molecular flexibility index (Phi) is 3.47. The number of benzene rings is 2. The predicted molar refractivity (Wildman–Crippen MR) is 83.8 cm³/mol. The van der Waals surface area contributed by atoms with Crippen LogP contribution in [-0.2, 0) is 0 Å². The molecule has 0 bridgehead atoms. The Hall–Kier alpha value is -1.84. The van der Waals surface area contributed by atoms with E-state index in [9.17, 15) is 0 Å². The van der Waals surface area contributed by atoms with E-state index in [-0.39, 0.29) is 5.92 Å². The summed E-state index contributed by atoms with van der Waals surface area (Å²) >= 11 is 12.2. The number of halogens is 2. The van der Waals surface area contributed by atoms with Crippen molar-refractivity contribution in [2.45, 2.75) is 5.92 Å². The van der Waals surface area contributed by atoms with Crippen molar-refractivity contribution in [1.82, 2.24) is 0 Å². The van der Waals surface area contributed by atoms with Crippen LogP contribution in [0.4, 0.5) is 0 Å². The second-order valence-electron chi connectivity index (χ2n) is 4.47. The van der Waals surface area contributed by atoms with Crippen LogP contribution >= 0.6 is 23.2 Å². The van der Waals surface area contributed by atoms with E-state index in [0.717, 1.165) is 16.8 Å². The van der Waals surface area contributed by atoms with E-state index < -0.39 is 0 Å². The van der Waals surface area contributed by atoms with Crippen LogP contribution in [0.5, 0.6) is 0 Å². The van der Waals surface area contributed by atoms with Crippen LogP contribution in [0.1, 0.15) is 17.0 Å². The quantitative estimate of drug-likeness (QED) is 0.900. The molecule has 2 N–H and O–H groups in total. The zero-order chi connectivity index (χ0) is 14.1. The highest BCUT2D eigenvalue weighted by Gasteiger charge is 2.29. The van der Waals surface area contributed by atoms with Gasteiger partial charge in [-0.2, -0.15) is 5.10 Å². The summed E-state index contributed by atoms with van der Waals surface area (Å²) in [6.45, 7) is 0. The van der Waals surface area contributed by atoms with Crippen molar-refractivity contribution in [2.75, 3.05) is 0 Å². The first-order valence-corrected chi connectivity index (χ1v) is 6.83. The molecule has 0 radical (unpaired) electrons. The molecular weight excluding hydrogens is 293 g/mol. The lowest BCUT2D eigenvalue weighted by atomic mass is 9.89. The third-order valence-corrected chi connectivity index (χ3v) is 3.75. The van der Waals surface area contributed by atoms with Gasteiger partial charge in [0.1, 0.15) is 5.84 Å². The molecule has 20 heavy (non-hydrogen) atoms. The first-order chi connectivity index (χ1) is 9.66. The van der Waals surface area contributed by atoms with Crippen molar-refractivity contribution in [3.63, 3.8) is 0 Å². The number of amidine groups is 1. The molecular formula is C15H11Cl2N3. The molecule has 0 fully saturated rings. The van der Waals surface area contributed by atoms with Gasteiger partial charge in [-0.05, 0) is 23.3 Å². The predicted octanol–water partition coefficient (Wildman–Crippen LogP) is 3.85. The smallest absolute Gasteiger partial charge is 0.136 e. The molecule has 3 rings (SSSR count). The zero-order valence-corrected chi connectivity index (χ0v) is 11.9. The van der Waals surface area contributed by atoms with Crippen LogP contribution in [0.15, 0.2) is 58.7 Å². The summed E-state index contributed by atoms with van der Waals surface area (Å²) in [5, 5.41) is 9.35. The van der Waals surface area contributed by atoms with Crippen molar-refractivity contribution >= 4 is 34.7 Å². The summed E-state index contributed by atoms with van der Waals surface area (Å²) in [6.07, 6.45) is 0. The lowest BCUT2D eigenvalue weighted by Gasteiger charge is -2.15. The lowest BCUT2D eigenvalue weighted by molar-refractivity contribution is 1.20. The van der Waals surface area contributed by atoms with E-state index in [2.05, 4.69) is 10.2 Å². The van der Waals surface area contributed by atoms with Crippen LogP contribution in [-0.4, -0.2) is 11.5 Å². The van der Waals surface area contributed by atoms with Gasteiger partial charge in [-0.1, -0.05) is 59.6 Å². The average molecular weight is 304 g/mol. The van der Waals surface area contributed by atoms with Gasteiger partial charge in [0.25, 0.3) is 0 Å². The van der Waals surface area contributed by atoms with Gasteiger partial charge in [-0.3, -0.25) is 0 Å². The first kappa shape index (κ1) is 13.2. The van der Waals surface area contributed by atoms with Gasteiger partial charge >= 0.3 is 0 Å². The molecule has 1 unspecified atom stereocenters. The molecule has 0 amide bonds. The van der Waals surface area contributed by atoms with Crippen molar-refractivity contribution in [1.29, 1.82) is 0 Å². The number of hydrogen-bond donors (Lipinski definition) is 1. The molecule has 2 aromatic rings. The molecule has 5 heteroatoms. The highest BCUT2D eigenvalue weighted by Crippen LogP contribution is 2.32. The Morgan fingerprint density at radius 2 is 1.70 bits per heavy atom. The van der Waals surface area contributed by atoms with Crippen LogP contribution in [0, 0.1) is 0 Å². The van der Waals surface area contributed by atoms with Crippen LogP contribution in [0.25, 0.3) is 0 Å². The second kappa shape index (κ2) is 5.27. The summed E-state index contributed by atoms with van der Waals surface area (Å²) in [5.41, 5.74) is 8.63. The SMILES string of the molecule is NC1=NN=C(c2ccccc2)C1c1ccc(Cl)cc1Cl. The number of rotatable bonds is 2. The van der Waals surface area contributed by atoms with Gasteiger partial charge in [0.2, 0.25) is 0 Å². The fraction of sp³-hybridized carbons (Fsp3) is 0.0667. The maximum atomic E-state index is 6.28. The van der Waals surface area contributed by atoms with E-state index >= 15 is 0 Å². The Labute approximate surface area is 126 Å². The normalized spacial score (nSPS) is 17.8. The molecule has 1 aliphatic rings. The van der Waals surface area contributed by atoms with E-state index in [1.54, 1.807) is 12.1 Å². The monoisotopic (exact) mass is 303 g/mol. The van der Waals surface area contributed by atoms with Crippen molar-refractivity contribution in [3.05, 3.63) is 69.7 Å². The van der Waals surface area contributed by atoms with Gasteiger partial charge in [0.15, 0.2) is 0 Å². The van der Waals surface area contributed by atoms with Gasteiger partial charge in [0.05, 0.1) is 11.6 Å². The number of nitrogens with zero attached hydrogens (tertiary/aromatic N) is 2. The second-order valence-corrected chi connectivity index (χ2v) is 5.32. The van der Waals surface area contributed by atoms with Crippen LogP contribution in [0.2, 0.25) is 10.0 Å². The van der Waals surface area contributed by atoms with E-state index in [1.807, 2.05) is 36.4 Å². The van der Waals surface area contributed by atoms with Gasteiger partial charge in [-0.15, -0.1) is 5.10 Å². The molecule has 3 nitrogen and oxygen atoms in total. The summed E-state index contributed by atoms with van der Waals surface area (Å²) in [6, 6.07) is 15.2. The first-order valence-electron chi connectivity index (χ1n) is 6.08. The molecule has 0 spiro atoms. The van der Waals surface area contributed by atoms with Crippen molar-refractivity contribution in [2.24, 2.45) is 15.9 Å². The van der Waals surface area contributed by atoms with Crippen LogP contribution in [0.3, 0.4) is 0 Å². The van der Waals surface area contributed by atoms with Crippen molar-refractivity contribution in [3.8, 4) is 0 Å². The summed E-state index contributed by atoms with van der Waals surface area (Å²) < 4.78 is 0. The van der Waals surface area contributed by atoms with E-state index in [4.69, 9.17) is 28.9 Å². The standard InChI is InChI=1S/C15H11Cl2N3/c16-10-6-7-11(12(17)8-10)13-14(19-20-15(13)18)9-4-2-1-3-5-9/h1-8,13H,(H2,18,20). The highest BCUT2D eigenvalue weighted by molar-refractivity contribution is 6.36. The summed E-state index contributed by atoms with van der Waals surface area (Å²) in [4.78, 5) is 0. The maximum absolute atomic E-state index is 6.28. The third-order valence-electron chi connectivity index (χ3n) is 3.19. The van der Waals surface area contributed by atoms with Crippen LogP contribution < -0.4 is 5.73 Å². The number of hydrogen-bond acceptors (Lipinski definition) is 3. The molecule has 0 saturated carbocycles. The molecule has 1 aliphatic heterocycles. The minimum absolute atomic E-state index is 0.234. The van der Waals surface area contributed by atoms with Gasteiger partial charge in [0, 0.05) is 10.0 Å². The minimum Gasteiger partial charge on any atom is -0.385 e. The summed E-state index contributed by atoms with van der Waals surface area (Å²) in [5.74, 6) is 0.204. The molecule has 1 heterocycles. The topological polar surface area (TPSA) is 50.7 Å². The van der Waals surface area contributed by atoms with Gasteiger partial charge in [-0.25, -0.2) is 0 Å². The Balaban J connectivity index is 2.07. The average Bonchev–Trinajstić information content (AvgIpc) is 2.82. The molecule has 0 aliphatic carbocycles. The molecule has 0 saturated heterocycles. The Morgan fingerprint density at radius 1 is 0.950 bits per heavy atom. The Morgan fingerprint density at radius 3 is 2.40 bits per heavy atom. The molecule has 2 aromatic carbocycles.